The third-order valence-electron chi connectivity index (χ3n) is 6.82. The topological polar surface area (TPSA) is 83.4 Å². The smallest absolute Gasteiger partial charge is 0.317 e. The number of likely N-dealkylation sites (tertiary alicyclic amines) is 1. The summed E-state index contributed by atoms with van der Waals surface area (Å²) in [5, 5.41) is 7.83. The molecule has 1 saturated heterocycles. The summed E-state index contributed by atoms with van der Waals surface area (Å²) in [6.45, 7) is 1.89. The number of rotatable bonds is 3. The van der Waals surface area contributed by atoms with E-state index in [1.807, 2.05) is 22.4 Å². The molecule has 2 aliphatic heterocycles. The Morgan fingerprint density at radius 1 is 1.03 bits per heavy atom. The molecule has 4 heterocycles. The van der Waals surface area contributed by atoms with Crippen molar-refractivity contribution in [2.45, 2.75) is 57.0 Å². The number of hydrogen-bond acceptors (Lipinski definition) is 4. The summed E-state index contributed by atoms with van der Waals surface area (Å²) in [5.74, 6) is 0.151. The van der Waals surface area contributed by atoms with E-state index in [-0.39, 0.29) is 29.3 Å². The number of carbonyl (C=O) groups is 2. The van der Waals surface area contributed by atoms with E-state index in [0.717, 1.165) is 25.0 Å². The molecule has 0 radical (unpaired) electrons. The second-order valence-corrected chi connectivity index (χ2v) is 9.95. The summed E-state index contributed by atoms with van der Waals surface area (Å²) in [6, 6.07) is 7.55. The minimum absolute atomic E-state index is 0.0391. The molecule has 2 bridgehead atoms. The van der Waals surface area contributed by atoms with E-state index in [9.17, 15) is 14.4 Å². The van der Waals surface area contributed by atoms with Gasteiger partial charge in [-0.25, -0.2) is 4.79 Å². The molecule has 3 aliphatic rings. The molecule has 164 valence electrons. The van der Waals surface area contributed by atoms with Crippen molar-refractivity contribution in [3.63, 3.8) is 0 Å². The van der Waals surface area contributed by atoms with Gasteiger partial charge in [0.15, 0.2) is 0 Å². The summed E-state index contributed by atoms with van der Waals surface area (Å²) in [6.07, 6.45) is 6.79. The fourth-order valence-electron chi connectivity index (χ4n) is 5.31. The number of thiophene rings is 1. The minimum atomic E-state index is -0.255. The lowest BCUT2D eigenvalue weighted by molar-refractivity contribution is 0.102. The van der Waals surface area contributed by atoms with Crippen LogP contribution in [0.2, 0.25) is 0 Å². The normalized spacial score (nSPS) is 23.2. The highest BCUT2D eigenvalue weighted by Crippen LogP contribution is 2.35. The van der Waals surface area contributed by atoms with Crippen molar-refractivity contribution in [2.75, 3.05) is 18.4 Å². The van der Waals surface area contributed by atoms with E-state index >= 15 is 0 Å². The van der Waals surface area contributed by atoms with Crippen molar-refractivity contribution in [1.82, 2.24) is 14.8 Å². The van der Waals surface area contributed by atoms with Crippen molar-refractivity contribution < 1.29 is 9.59 Å². The fraction of sp³-hybridized carbons (Fsp3) is 0.522. The lowest BCUT2D eigenvalue weighted by atomic mass is 9.83. The van der Waals surface area contributed by atoms with Crippen LogP contribution in [0.1, 0.15) is 59.8 Å². The molecule has 3 amide bonds. The molecule has 2 aromatic rings. The van der Waals surface area contributed by atoms with Crippen LogP contribution in [-0.2, 0) is 6.54 Å². The fourth-order valence-corrected chi connectivity index (χ4v) is 5.93. The molecule has 2 aromatic heterocycles. The van der Waals surface area contributed by atoms with E-state index in [1.54, 1.807) is 16.7 Å². The number of anilines is 1. The molecule has 0 spiro atoms. The van der Waals surface area contributed by atoms with Gasteiger partial charge in [0, 0.05) is 37.3 Å². The molecule has 2 fully saturated rings. The highest BCUT2D eigenvalue weighted by atomic mass is 32.1. The van der Waals surface area contributed by atoms with Crippen LogP contribution in [0.4, 0.5) is 10.5 Å². The number of fused-ring (bicyclic) bond motifs is 4. The molecule has 8 heteroatoms. The Morgan fingerprint density at radius 3 is 2.65 bits per heavy atom. The number of carbonyl (C=O) groups excluding carboxylic acids is 2. The van der Waals surface area contributed by atoms with Crippen molar-refractivity contribution in [3.8, 4) is 0 Å². The number of hydrogen-bond donors (Lipinski definition) is 2. The van der Waals surface area contributed by atoms with Gasteiger partial charge >= 0.3 is 6.03 Å². The van der Waals surface area contributed by atoms with Gasteiger partial charge in [-0.15, -0.1) is 11.3 Å². The van der Waals surface area contributed by atoms with E-state index in [0.29, 0.717) is 36.2 Å². The van der Waals surface area contributed by atoms with Crippen LogP contribution >= 0.6 is 11.3 Å². The van der Waals surface area contributed by atoms with Crippen LogP contribution in [0.3, 0.4) is 0 Å². The van der Waals surface area contributed by atoms with Crippen LogP contribution in [0.25, 0.3) is 0 Å². The SMILES string of the molecule is O=C(Nc1ccc2n(c1=O)C[C@H]1C[C@@H]2CN(C(=O)NC2CCCCC2)C1)c1cccs1. The molecule has 5 rings (SSSR count). The van der Waals surface area contributed by atoms with Gasteiger partial charge in [0.25, 0.3) is 11.5 Å². The van der Waals surface area contributed by atoms with Gasteiger partial charge in [-0.2, -0.15) is 0 Å². The first-order valence-electron chi connectivity index (χ1n) is 11.2. The van der Waals surface area contributed by atoms with Crippen molar-refractivity contribution in [1.29, 1.82) is 0 Å². The Bertz CT molecular complexity index is 1030. The Hall–Kier alpha value is -2.61. The molecule has 1 saturated carbocycles. The predicted molar refractivity (Wildman–Crippen MR) is 121 cm³/mol. The first kappa shape index (κ1) is 20.3. The van der Waals surface area contributed by atoms with Crippen LogP contribution in [-0.4, -0.2) is 40.5 Å². The molecule has 2 atom stereocenters. The summed E-state index contributed by atoms with van der Waals surface area (Å²) in [7, 11) is 0. The van der Waals surface area contributed by atoms with Crippen molar-refractivity contribution >= 4 is 29.0 Å². The van der Waals surface area contributed by atoms with E-state index in [1.165, 1.54) is 30.6 Å². The Labute approximate surface area is 185 Å². The number of nitrogens with zero attached hydrogens (tertiary/aromatic N) is 2. The summed E-state index contributed by atoms with van der Waals surface area (Å²) in [5.41, 5.74) is 1.12. The zero-order valence-electron chi connectivity index (χ0n) is 17.5. The lowest BCUT2D eigenvalue weighted by Gasteiger charge is -2.43. The summed E-state index contributed by atoms with van der Waals surface area (Å²) >= 11 is 1.35. The maximum absolute atomic E-state index is 13.1. The Kier molecular flexibility index (Phi) is 5.56. The van der Waals surface area contributed by atoms with Gasteiger partial charge in [0.2, 0.25) is 0 Å². The standard InChI is InChI=1S/C23H28N4O3S/c28-21(20-7-4-10-31-20)25-18-8-9-19-16-11-15(13-27(19)22(18)29)12-26(14-16)23(30)24-17-5-2-1-3-6-17/h4,7-10,15-17H,1-3,5-6,11-14H2,(H,24,30)(H,25,28)/t15-,16+/m0/s1. The van der Waals surface area contributed by atoms with E-state index in [2.05, 4.69) is 10.6 Å². The predicted octanol–water partition coefficient (Wildman–Crippen LogP) is 3.62. The average molecular weight is 441 g/mol. The maximum Gasteiger partial charge on any atom is 0.317 e. The molecular weight excluding hydrogens is 412 g/mol. The average Bonchev–Trinajstić information content (AvgIpc) is 3.32. The number of aromatic nitrogens is 1. The van der Waals surface area contributed by atoms with Crippen LogP contribution in [0.15, 0.2) is 34.4 Å². The molecule has 1 aliphatic carbocycles. The maximum atomic E-state index is 13.1. The van der Waals surface area contributed by atoms with E-state index < -0.39 is 0 Å². The van der Waals surface area contributed by atoms with Gasteiger partial charge in [-0.05, 0) is 48.8 Å². The van der Waals surface area contributed by atoms with Crippen LogP contribution in [0.5, 0.6) is 0 Å². The Morgan fingerprint density at radius 2 is 1.87 bits per heavy atom. The summed E-state index contributed by atoms with van der Waals surface area (Å²) in [4.78, 5) is 40.8. The second kappa shape index (κ2) is 8.49. The largest absolute Gasteiger partial charge is 0.335 e. The number of piperidine rings is 1. The third-order valence-corrected chi connectivity index (χ3v) is 7.69. The lowest BCUT2D eigenvalue weighted by Crippen LogP contribution is -2.53. The van der Waals surface area contributed by atoms with E-state index in [4.69, 9.17) is 0 Å². The van der Waals surface area contributed by atoms with Crippen molar-refractivity contribution in [3.05, 3.63) is 50.6 Å². The minimum Gasteiger partial charge on any atom is -0.335 e. The number of urea groups is 1. The quantitative estimate of drug-likeness (QED) is 0.765. The monoisotopic (exact) mass is 440 g/mol. The third kappa shape index (κ3) is 4.13. The molecular formula is C23H28N4O3S. The molecule has 2 N–H and O–H groups in total. The van der Waals surface area contributed by atoms with Gasteiger partial charge in [0.1, 0.15) is 5.69 Å². The first-order chi connectivity index (χ1) is 15.1. The number of amides is 3. The van der Waals surface area contributed by atoms with Crippen LogP contribution < -0.4 is 16.2 Å². The molecule has 0 unspecified atom stereocenters. The van der Waals surface area contributed by atoms with Crippen LogP contribution in [0, 0.1) is 5.92 Å². The molecule has 31 heavy (non-hydrogen) atoms. The van der Waals surface area contributed by atoms with Crippen molar-refractivity contribution in [2.24, 2.45) is 5.92 Å². The first-order valence-corrected chi connectivity index (χ1v) is 12.1. The zero-order chi connectivity index (χ0) is 21.4. The zero-order valence-corrected chi connectivity index (χ0v) is 18.3. The van der Waals surface area contributed by atoms with Gasteiger partial charge < -0.3 is 20.1 Å². The second-order valence-electron chi connectivity index (χ2n) is 9.01. The van der Waals surface area contributed by atoms with Gasteiger partial charge in [0.05, 0.1) is 4.88 Å². The number of nitrogens with one attached hydrogen (secondary N) is 2. The van der Waals surface area contributed by atoms with Gasteiger partial charge in [-0.3, -0.25) is 9.59 Å². The Balaban J connectivity index is 1.30. The molecule has 0 aromatic carbocycles. The number of pyridine rings is 1. The highest BCUT2D eigenvalue weighted by Gasteiger charge is 2.37. The molecule has 7 nitrogen and oxygen atoms in total. The highest BCUT2D eigenvalue weighted by molar-refractivity contribution is 7.12. The van der Waals surface area contributed by atoms with Gasteiger partial charge in [-0.1, -0.05) is 25.3 Å². The summed E-state index contributed by atoms with van der Waals surface area (Å²) < 4.78 is 1.80.